The summed E-state index contributed by atoms with van der Waals surface area (Å²) >= 11 is 3.39. The highest BCUT2D eigenvalue weighted by atomic mass is 79.9. The molecule has 0 N–H and O–H groups in total. The Bertz CT molecular complexity index is 195. The van der Waals surface area contributed by atoms with Crippen molar-refractivity contribution >= 4 is 15.9 Å². The van der Waals surface area contributed by atoms with Gasteiger partial charge in [-0.05, 0) is 6.92 Å². The van der Waals surface area contributed by atoms with Crippen molar-refractivity contribution in [1.29, 1.82) is 0 Å². The van der Waals surface area contributed by atoms with Gasteiger partial charge in [-0.2, -0.15) is 0 Å². The van der Waals surface area contributed by atoms with Gasteiger partial charge >= 0.3 is 0 Å². The Morgan fingerprint density at radius 3 is 2.90 bits per heavy atom. The highest BCUT2D eigenvalue weighted by molar-refractivity contribution is 9.09. The summed E-state index contributed by atoms with van der Waals surface area (Å²) in [6.45, 7) is 4.24. The Balaban J connectivity index is 2.59. The fourth-order valence-electron chi connectivity index (χ4n) is 0.856. The minimum Gasteiger partial charge on any atom is -0.237 e. The van der Waals surface area contributed by atoms with Crippen LogP contribution in [-0.4, -0.2) is 9.90 Å². The van der Waals surface area contributed by atoms with Crippen LogP contribution in [0.1, 0.15) is 6.92 Å². The molecule has 0 aliphatic heterocycles. The van der Waals surface area contributed by atoms with Crippen molar-refractivity contribution < 1.29 is 4.57 Å². The van der Waals surface area contributed by atoms with Crippen LogP contribution in [0.4, 0.5) is 0 Å². The molecule has 1 rings (SSSR count). The predicted octanol–water partition coefficient (Wildman–Crippen LogP) is 1.19. The second kappa shape index (κ2) is 3.76. The zero-order chi connectivity index (χ0) is 7.40. The molecule has 0 bridgehead atoms. The molecular weight excluding hydrogens is 192 g/mol. The van der Waals surface area contributed by atoms with Gasteiger partial charge in [0.05, 0.1) is 13.1 Å². The minimum atomic E-state index is 1.02. The van der Waals surface area contributed by atoms with Gasteiger partial charge in [0.25, 0.3) is 0 Å². The monoisotopic (exact) mass is 203 g/mol. The number of hydrogen-bond acceptors (Lipinski definition) is 0. The SMILES string of the molecule is CCn1cc[n+](CCBr)c1. The lowest BCUT2D eigenvalue weighted by Gasteiger charge is -1.87. The lowest BCUT2D eigenvalue weighted by Crippen LogP contribution is -2.31. The summed E-state index contributed by atoms with van der Waals surface area (Å²) in [7, 11) is 0. The molecule has 56 valence electrons. The smallest absolute Gasteiger partial charge is 0.237 e. The predicted molar refractivity (Wildman–Crippen MR) is 44.1 cm³/mol. The molecule has 0 aromatic carbocycles. The highest BCUT2D eigenvalue weighted by Gasteiger charge is 1.98. The normalized spacial score (nSPS) is 10.2. The number of aromatic nitrogens is 2. The molecule has 0 amide bonds. The molecule has 0 radical (unpaired) electrons. The third-order valence-corrected chi connectivity index (χ3v) is 1.81. The average Bonchev–Trinajstić information content (AvgIpc) is 2.37. The van der Waals surface area contributed by atoms with Crippen LogP contribution < -0.4 is 4.57 Å². The summed E-state index contributed by atoms with van der Waals surface area (Å²) in [4.78, 5) is 0. The van der Waals surface area contributed by atoms with Gasteiger partial charge in [0, 0.05) is 5.33 Å². The van der Waals surface area contributed by atoms with Gasteiger partial charge in [0.15, 0.2) is 0 Å². The van der Waals surface area contributed by atoms with Crippen LogP contribution in [-0.2, 0) is 13.1 Å². The van der Waals surface area contributed by atoms with Gasteiger partial charge in [0.2, 0.25) is 6.33 Å². The molecule has 2 nitrogen and oxygen atoms in total. The topological polar surface area (TPSA) is 8.81 Å². The minimum absolute atomic E-state index is 1.02. The Morgan fingerprint density at radius 1 is 1.60 bits per heavy atom. The fraction of sp³-hybridized carbons (Fsp3) is 0.571. The van der Waals surface area contributed by atoms with E-state index in [0.717, 1.165) is 18.4 Å². The largest absolute Gasteiger partial charge is 0.243 e. The lowest BCUT2D eigenvalue weighted by molar-refractivity contribution is -0.691. The van der Waals surface area contributed by atoms with E-state index in [1.165, 1.54) is 0 Å². The number of hydrogen-bond donors (Lipinski definition) is 0. The number of rotatable bonds is 3. The van der Waals surface area contributed by atoms with Crippen molar-refractivity contribution in [3.8, 4) is 0 Å². The molecular formula is C7H12BrN2+. The van der Waals surface area contributed by atoms with Crippen molar-refractivity contribution in [2.45, 2.75) is 20.0 Å². The zero-order valence-electron chi connectivity index (χ0n) is 6.13. The summed E-state index contributed by atoms with van der Waals surface area (Å²) in [6.07, 6.45) is 6.29. The van der Waals surface area contributed by atoms with Crippen molar-refractivity contribution in [3.05, 3.63) is 18.7 Å². The second-order valence-corrected chi connectivity index (χ2v) is 2.96. The first-order valence-corrected chi connectivity index (χ1v) is 4.59. The van der Waals surface area contributed by atoms with Crippen molar-refractivity contribution in [2.24, 2.45) is 0 Å². The van der Waals surface area contributed by atoms with Crippen LogP contribution in [0.3, 0.4) is 0 Å². The Morgan fingerprint density at radius 2 is 2.40 bits per heavy atom. The number of alkyl halides is 1. The van der Waals surface area contributed by atoms with Crippen LogP contribution in [0, 0.1) is 0 Å². The summed E-state index contributed by atoms with van der Waals surface area (Å²) < 4.78 is 4.32. The first kappa shape index (κ1) is 7.79. The maximum absolute atomic E-state index is 3.39. The first-order valence-electron chi connectivity index (χ1n) is 3.47. The summed E-state index contributed by atoms with van der Waals surface area (Å²) in [5.41, 5.74) is 0. The highest BCUT2D eigenvalue weighted by Crippen LogP contribution is 1.84. The molecule has 0 spiro atoms. The summed E-state index contributed by atoms with van der Waals surface area (Å²) in [5, 5.41) is 1.02. The Kier molecular flexibility index (Phi) is 2.93. The molecule has 10 heavy (non-hydrogen) atoms. The van der Waals surface area contributed by atoms with Gasteiger partial charge in [-0.3, -0.25) is 0 Å². The van der Waals surface area contributed by atoms with Gasteiger partial charge in [0.1, 0.15) is 12.4 Å². The average molecular weight is 204 g/mol. The quantitative estimate of drug-likeness (QED) is 0.516. The Labute approximate surface area is 69.6 Å². The van der Waals surface area contributed by atoms with E-state index in [0.29, 0.717) is 0 Å². The second-order valence-electron chi connectivity index (χ2n) is 2.17. The Hall–Kier alpha value is -0.310. The third kappa shape index (κ3) is 1.84. The maximum atomic E-state index is 3.39. The van der Waals surface area contributed by atoms with Gasteiger partial charge < -0.3 is 0 Å². The molecule has 0 atom stereocenters. The molecule has 0 aliphatic rings. The van der Waals surface area contributed by atoms with Crippen LogP contribution in [0.15, 0.2) is 18.7 Å². The zero-order valence-corrected chi connectivity index (χ0v) is 7.71. The first-order chi connectivity index (χ1) is 4.86. The molecule has 0 saturated heterocycles. The number of nitrogens with zero attached hydrogens (tertiary/aromatic N) is 2. The van der Waals surface area contributed by atoms with Crippen LogP contribution in [0.2, 0.25) is 0 Å². The van der Waals surface area contributed by atoms with E-state index >= 15 is 0 Å². The van der Waals surface area contributed by atoms with E-state index < -0.39 is 0 Å². The maximum Gasteiger partial charge on any atom is 0.243 e. The molecule has 1 aromatic heterocycles. The van der Waals surface area contributed by atoms with Gasteiger partial charge in [-0.25, -0.2) is 9.13 Å². The van der Waals surface area contributed by atoms with E-state index in [1.54, 1.807) is 0 Å². The van der Waals surface area contributed by atoms with E-state index in [9.17, 15) is 0 Å². The van der Waals surface area contributed by atoms with Crippen molar-refractivity contribution in [3.63, 3.8) is 0 Å². The van der Waals surface area contributed by atoms with Crippen molar-refractivity contribution in [2.75, 3.05) is 5.33 Å². The molecule has 1 aromatic rings. The number of imidazole rings is 1. The van der Waals surface area contributed by atoms with E-state index in [-0.39, 0.29) is 0 Å². The lowest BCUT2D eigenvalue weighted by atomic mass is 10.7. The number of halogens is 1. The van der Waals surface area contributed by atoms with Gasteiger partial charge in [-0.1, -0.05) is 15.9 Å². The van der Waals surface area contributed by atoms with E-state index in [1.807, 2.05) is 0 Å². The summed E-state index contributed by atoms with van der Waals surface area (Å²) in [6, 6.07) is 0. The summed E-state index contributed by atoms with van der Waals surface area (Å²) in [5.74, 6) is 0. The molecule has 0 saturated carbocycles. The van der Waals surface area contributed by atoms with Gasteiger partial charge in [-0.15, -0.1) is 0 Å². The fourth-order valence-corrected chi connectivity index (χ4v) is 1.27. The van der Waals surface area contributed by atoms with Crippen LogP contribution in [0.25, 0.3) is 0 Å². The molecule has 0 aliphatic carbocycles. The molecule has 3 heteroatoms. The third-order valence-electron chi connectivity index (χ3n) is 1.45. The van der Waals surface area contributed by atoms with E-state index in [2.05, 4.69) is 50.7 Å². The van der Waals surface area contributed by atoms with Crippen LogP contribution in [0.5, 0.6) is 0 Å². The standard InChI is InChI=1S/C7H12BrN2/c1-2-9-5-6-10(7-9)4-3-8/h5-7H,2-4H2,1H3/q+1. The molecule has 0 unspecified atom stereocenters. The molecule has 0 fully saturated rings. The molecule has 1 heterocycles. The van der Waals surface area contributed by atoms with E-state index in [4.69, 9.17) is 0 Å². The van der Waals surface area contributed by atoms with Crippen molar-refractivity contribution in [1.82, 2.24) is 4.57 Å². The van der Waals surface area contributed by atoms with Crippen LogP contribution >= 0.6 is 15.9 Å². The number of aryl methyl sites for hydroxylation is 2.